The van der Waals surface area contributed by atoms with E-state index in [-0.39, 0.29) is 31.1 Å². The minimum Gasteiger partial charge on any atom is -0.379 e. The maximum atomic E-state index is 13.3. The highest BCUT2D eigenvalue weighted by Crippen LogP contribution is 2.33. The number of primary amides is 1. The molecule has 2 aromatic heterocycles. The van der Waals surface area contributed by atoms with E-state index < -0.39 is 41.0 Å². The van der Waals surface area contributed by atoms with Crippen molar-refractivity contribution in [1.29, 1.82) is 5.41 Å². The lowest BCUT2D eigenvalue weighted by Crippen LogP contribution is -2.49. The van der Waals surface area contributed by atoms with Gasteiger partial charge in [-0.3, -0.25) is 14.3 Å². The smallest absolute Gasteiger partial charge is 0.379 e. The van der Waals surface area contributed by atoms with E-state index in [1.54, 1.807) is 9.80 Å². The molecule has 0 saturated carbocycles. The number of ether oxygens (including phenoxy) is 1. The van der Waals surface area contributed by atoms with Crippen molar-refractivity contribution in [2.24, 2.45) is 5.73 Å². The first-order valence-electron chi connectivity index (χ1n) is 11.5. The van der Waals surface area contributed by atoms with Crippen molar-refractivity contribution in [3.63, 3.8) is 0 Å². The SMILES string of the molecule is CC(COCCC(=O)N1CCN(c2ncc(C(C)(F)F)cn2)CC1)n1nc(C(F)(F)F)c(C(N)=O)c1C=N. The number of amides is 2. The van der Waals surface area contributed by atoms with Crippen LogP contribution < -0.4 is 10.6 Å². The third-order valence-electron chi connectivity index (χ3n) is 5.90. The number of nitrogens with two attached hydrogens (primary N) is 1. The van der Waals surface area contributed by atoms with Crippen LogP contribution in [-0.2, 0) is 21.6 Å². The molecule has 3 heterocycles. The van der Waals surface area contributed by atoms with E-state index >= 15 is 0 Å². The predicted octanol–water partition coefficient (Wildman–Crippen LogP) is 2.22. The fourth-order valence-electron chi connectivity index (χ4n) is 3.87. The molecule has 1 fully saturated rings. The van der Waals surface area contributed by atoms with Gasteiger partial charge in [-0.05, 0) is 6.92 Å². The van der Waals surface area contributed by atoms with Gasteiger partial charge in [-0.2, -0.15) is 18.3 Å². The number of piperazine rings is 1. The largest absolute Gasteiger partial charge is 0.435 e. The van der Waals surface area contributed by atoms with Gasteiger partial charge in [-0.15, -0.1) is 0 Å². The molecule has 1 saturated heterocycles. The van der Waals surface area contributed by atoms with Crippen molar-refractivity contribution < 1.29 is 36.3 Å². The van der Waals surface area contributed by atoms with Crippen molar-refractivity contribution in [3.8, 4) is 0 Å². The fraction of sp³-hybridized carbons (Fsp3) is 0.545. The van der Waals surface area contributed by atoms with Crippen LogP contribution in [0.3, 0.4) is 0 Å². The van der Waals surface area contributed by atoms with Gasteiger partial charge in [0.05, 0.1) is 42.5 Å². The predicted molar refractivity (Wildman–Crippen MR) is 124 cm³/mol. The van der Waals surface area contributed by atoms with Crippen LogP contribution >= 0.6 is 0 Å². The standard InChI is InChI=1S/C22H27F5N8O3/c1-13(35-15(9-28)17(19(29)37)18(32-35)22(25,26)27)12-38-8-3-16(36)33-4-6-34(7-5-33)20-30-10-14(11-31-20)21(2,23)24/h9-11,13,28H,3-8,12H2,1-2H3,(H2,29,37). The topological polar surface area (TPSA) is 143 Å². The van der Waals surface area contributed by atoms with Crippen molar-refractivity contribution in [3.05, 3.63) is 34.9 Å². The van der Waals surface area contributed by atoms with Crippen LogP contribution in [0.5, 0.6) is 0 Å². The summed E-state index contributed by atoms with van der Waals surface area (Å²) >= 11 is 0. The Morgan fingerprint density at radius 2 is 1.76 bits per heavy atom. The highest BCUT2D eigenvalue weighted by Gasteiger charge is 2.41. The Balaban J connectivity index is 1.49. The van der Waals surface area contributed by atoms with Gasteiger partial charge in [0.2, 0.25) is 11.9 Å². The molecule has 0 aromatic carbocycles. The molecule has 0 radical (unpaired) electrons. The summed E-state index contributed by atoms with van der Waals surface area (Å²) in [5, 5.41) is 10.9. The molecule has 0 aliphatic carbocycles. The number of alkyl halides is 5. The van der Waals surface area contributed by atoms with Crippen LogP contribution in [0.2, 0.25) is 0 Å². The normalized spacial score (nSPS) is 15.4. The Hall–Kier alpha value is -3.69. The Kier molecular flexibility index (Phi) is 8.64. The van der Waals surface area contributed by atoms with Gasteiger partial charge in [-0.25, -0.2) is 18.7 Å². The molecule has 1 aliphatic rings. The van der Waals surface area contributed by atoms with Crippen LogP contribution in [0.4, 0.5) is 27.9 Å². The van der Waals surface area contributed by atoms with Gasteiger partial charge < -0.3 is 25.7 Å². The Morgan fingerprint density at radius 1 is 1.16 bits per heavy atom. The monoisotopic (exact) mass is 546 g/mol. The second kappa shape index (κ2) is 11.4. The number of hydrogen-bond donors (Lipinski definition) is 2. The van der Waals surface area contributed by atoms with Crippen molar-refractivity contribution in [2.45, 2.75) is 38.4 Å². The molecule has 0 bridgehead atoms. The van der Waals surface area contributed by atoms with Gasteiger partial charge in [0.15, 0.2) is 5.69 Å². The zero-order valence-corrected chi connectivity index (χ0v) is 20.6. The lowest BCUT2D eigenvalue weighted by Gasteiger charge is -2.34. The molecule has 16 heteroatoms. The van der Waals surface area contributed by atoms with Gasteiger partial charge in [0.1, 0.15) is 0 Å². The maximum absolute atomic E-state index is 13.3. The molecule has 1 atom stereocenters. The van der Waals surface area contributed by atoms with Crippen LogP contribution in [0.15, 0.2) is 12.4 Å². The third-order valence-corrected chi connectivity index (χ3v) is 5.90. The lowest BCUT2D eigenvalue weighted by molar-refractivity contribution is -0.142. The number of carbonyl (C=O) groups excluding carboxylic acids is 2. The molecule has 11 nitrogen and oxygen atoms in total. The molecule has 1 aliphatic heterocycles. The van der Waals surface area contributed by atoms with Gasteiger partial charge in [-0.1, -0.05) is 0 Å². The van der Waals surface area contributed by atoms with Gasteiger partial charge in [0.25, 0.3) is 11.8 Å². The highest BCUT2D eigenvalue weighted by molar-refractivity contribution is 6.01. The molecular formula is C22H27F5N8O3. The number of anilines is 1. The molecule has 0 spiro atoms. The molecule has 1 unspecified atom stereocenters. The van der Waals surface area contributed by atoms with E-state index in [0.717, 1.165) is 24.0 Å². The molecule has 3 N–H and O–H groups in total. The average Bonchev–Trinajstić information content (AvgIpc) is 3.27. The first-order valence-corrected chi connectivity index (χ1v) is 11.5. The zero-order chi connectivity index (χ0) is 28.3. The van der Waals surface area contributed by atoms with Gasteiger partial charge >= 0.3 is 6.18 Å². The van der Waals surface area contributed by atoms with E-state index in [2.05, 4.69) is 15.1 Å². The molecule has 208 valence electrons. The van der Waals surface area contributed by atoms with E-state index in [1.807, 2.05) is 0 Å². The molecular weight excluding hydrogens is 519 g/mol. The molecule has 3 rings (SSSR count). The van der Waals surface area contributed by atoms with Crippen molar-refractivity contribution >= 4 is 24.0 Å². The maximum Gasteiger partial charge on any atom is 0.435 e. The number of rotatable bonds is 10. The number of nitrogens with one attached hydrogen (secondary N) is 1. The molecule has 2 amide bonds. The fourth-order valence-corrected chi connectivity index (χ4v) is 3.87. The minimum atomic E-state index is -4.94. The summed E-state index contributed by atoms with van der Waals surface area (Å²) in [5.74, 6) is -4.30. The summed E-state index contributed by atoms with van der Waals surface area (Å²) in [6.45, 7) is 3.61. The second-order valence-corrected chi connectivity index (χ2v) is 8.76. The lowest BCUT2D eigenvalue weighted by atomic mass is 10.1. The summed E-state index contributed by atoms with van der Waals surface area (Å²) < 4.78 is 72.8. The first kappa shape index (κ1) is 28.9. The highest BCUT2D eigenvalue weighted by atomic mass is 19.4. The van der Waals surface area contributed by atoms with Crippen molar-refractivity contribution in [1.82, 2.24) is 24.6 Å². The van der Waals surface area contributed by atoms with Crippen LogP contribution in [0, 0.1) is 5.41 Å². The molecule has 2 aromatic rings. The summed E-state index contributed by atoms with van der Waals surface area (Å²) in [7, 11) is 0. The quantitative estimate of drug-likeness (QED) is 0.264. The van der Waals surface area contributed by atoms with E-state index in [1.165, 1.54) is 6.92 Å². The Labute approximate surface area is 214 Å². The zero-order valence-electron chi connectivity index (χ0n) is 20.6. The summed E-state index contributed by atoms with van der Waals surface area (Å²) in [4.78, 5) is 35.5. The number of hydrogen-bond acceptors (Lipinski definition) is 8. The number of carbonyl (C=O) groups is 2. The summed E-state index contributed by atoms with van der Waals surface area (Å²) in [6, 6.07) is -0.793. The van der Waals surface area contributed by atoms with Gasteiger partial charge in [0, 0.05) is 51.7 Å². The van der Waals surface area contributed by atoms with Crippen molar-refractivity contribution in [2.75, 3.05) is 44.3 Å². The van der Waals surface area contributed by atoms with Crippen LogP contribution in [-0.4, -0.2) is 82.1 Å². The van der Waals surface area contributed by atoms with Crippen LogP contribution in [0.25, 0.3) is 0 Å². The number of aromatic nitrogens is 4. The summed E-state index contributed by atoms with van der Waals surface area (Å²) in [5.41, 5.74) is 2.03. The van der Waals surface area contributed by atoms with E-state index in [0.29, 0.717) is 38.3 Å². The second-order valence-electron chi connectivity index (χ2n) is 8.76. The van der Waals surface area contributed by atoms with Crippen LogP contribution in [0.1, 0.15) is 53.6 Å². The Morgan fingerprint density at radius 3 is 2.26 bits per heavy atom. The summed E-state index contributed by atoms with van der Waals surface area (Å²) in [6.07, 6.45) is -2.21. The molecule has 38 heavy (non-hydrogen) atoms. The number of halogens is 5. The Bertz CT molecular complexity index is 1160. The minimum absolute atomic E-state index is 0.0143. The van der Waals surface area contributed by atoms with E-state index in [4.69, 9.17) is 15.9 Å². The third kappa shape index (κ3) is 6.59. The number of nitrogens with zero attached hydrogens (tertiary/aromatic N) is 6. The average molecular weight is 547 g/mol. The van der Waals surface area contributed by atoms with E-state index in [9.17, 15) is 31.5 Å². The first-order chi connectivity index (χ1) is 17.7.